The third-order valence-corrected chi connectivity index (χ3v) is 6.55. The van der Waals surface area contributed by atoms with Crippen LogP contribution in [0.1, 0.15) is 58.9 Å². The van der Waals surface area contributed by atoms with Crippen LogP contribution >= 0.6 is 0 Å². The fraction of sp³-hybridized carbons (Fsp3) is 0.655. The van der Waals surface area contributed by atoms with Gasteiger partial charge in [0.05, 0.1) is 19.3 Å². The molecule has 41 heavy (non-hydrogen) atoms. The maximum Gasteiger partial charge on any atom is 0.460 e. The second-order valence-electron chi connectivity index (χ2n) is 10.4. The Morgan fingerprint density at radius 2 is 1.39 bits per heavy atom. The molecule has 0 bridgehead atoms. The highest BCUT2D eigenvalue weighted by atomic mass is 19.4. The van der Waals surface area contributed by atoms with E-state index in [2.05, 4.69) is 31.2 Å². The van der Waals surface area contributed by atoms with Gasteiger partial charge in [-0.15, -0.1) is 0 Å². The van der Waals surface area contributed by atoms with Gasteiger partial charge < -0.3 is 14.6 Å². The number of aliphatic hydroxyl groups is 1. The van der Waals surface area contributed by atoms with Gasteiger partial charge in [0.2, 0.25) is 0 Å². The maximum atomic E-state index is 13.6. The Labute approximate surface area is 235 Å². The van der Waals surface area contributed by atoms with E-state index >= 15 is 0 Å². The second-order valence-corrected chi connectivity index (χ2v) is 10.4. The van der Waals surface area contributed by atoms with Crippen molar-refractivity contribution in [1.82, 2.24) is 0 Å². The molecule has 1 aromatic carbocycles. The lowest BCUT2D eigenvalue weighted by Crippen LogP contribution is -2.60. The predicted molar refractivity (Wildman–Crippen MR) is 138 cm³/mol. The standard InChI is InChI=1S/C29H39F9O3/c1-20(8-5-10-21(2)18-39)9-6-11-22(3)23(4)41-19-24-12-14-25(15-13-24)40-17-7-16-26(30,31)27(32,33)28(34,35)29(36,37)38/h5-6,8,11-15,20-23,39H,7,9-10,16-19H2,1-4H3/b8-5+,11-6+/t20-,21+,22+,23+/m1/s1. The molecule has 1 aromatic rings. The molecule has 236 valence electrons. The summed E-state index contributed by atoms with van der Waals surface area (Å²) in [7, 11) is 0. The van der Waals surface area contributed by atoms with Crippen molar-refractivity contribution in [3.8, 4) is 5.75 Å². The van der Waals surface area contributed by atoms with Gasteiger partial charge in [0.15, 0.2) is 0 Å². The highest BCUT2D eigenvalue weighted by molar-refractivity contribution is 5.26. The van der Waals surface area contributed by atoms with Gasteiger partial charge in [0, 0.05) is 13.0 Å². The first kappa shape index (κ1) is 36.8. The largest absolute Gasteiger partial charge is 0.494 e. The summed E-state index contributed by atoms with van der Waals surface area (Å²) in [6.45, 7) is 7.85. The molecule has 0 aliphatic rings. The van der Waals surface area contributed by atoms with E-state index in [0.717, 1.165) is 18.4 Å². The van der Waals surface area contributed by atoms with E-state index in [-0.39, 0.29) is 36.9 Å². The molecule has 0 saturated carbocycles. The maximum absolute atomic E-state index is 13.6. The zero-order valence-electron chi connectivity index (χ0n) is 23.5. The molecule has 0 unspecified atom stereocenters. The minimum Gasteiger partial charge on any atom is -0.494 e. The van der Waals surface area contributed by atoms with Gasteiger partial charge in [0.25, 0.3) is 0 Å². The van der Waals surface area contributed by atoms with Crippen molar-refractivity contribution in [2.45, 2.75) is 90.0 Å². The molecular weight excluding hydrogens is 567 g/mol. The summed E-state index contributed by atoms with van der Waals surface area (Å²) in [5.74, 6) is -18.2. The van der Waals surface area contributed by atoms with E-state index < -0.39 is 43.4 Å². The molecule has 0 radical (unpaired) electrons. The fourth-order valence-electron chi connectivity index (χ4n) is 3.47. The average molecular weight is 607 g/mol. The van der Waals surface area contributed by atoms with Crippen LogP contribution in [0.3, 0.4) is 0 Å². The van der Waals surface area contributed by atoms with Crippen LogP contribution < -0.4 is 4.74 Å². The summed E-state index contributed by atoms with van der Waals surface area (Å²) in [6, 6.07) is 6.18. The molecule has 0 fully saturated rings. The number of rotatable bonds is 18. The summed E-state index contributed by atoms with van der Waals surface area (Å²) in [6.07, 6.45) is 0.323. The third-order valence-electron chi connectivity index (χ3n) is 6.55. The Morgan fingerprint density at radius 3 is 1.95 bits per heavy atom. The smallest absolute Gasteiger partial charge is 0.460 e. The molecule has 1 N–H and O–H groups in total. The van der Waals surface area contributed by atoms with E-state index in [4.69, 9.17) is 14.6 Å². The van der Waals surface area contributed by atoms with Crippen molar-refractivity contribution in [3.05, 3.63) is 54.1 Å². The Morgan fingerprint density at radius 1 is 0.805 bits per heavy atom. The quantitative estimate of drug-likeness (QED) is 0.103. The molecule has 0 aliphatic carbocycles. The van der Waals surface area contributed by atoms with Crippen LogP contribution in [0.15, 0.2) is 48.6 Å². The van der Waals surface area contributed by atoms with Gasteiger partial charge in [-0.05, 0) is 61.6 Å². The number of ether oxygens (including phenoxy) is 2. The van der Waals surface area contributed by atoms with Crippen LogP contribution in [0.4, 0.5) is 39.5 Å². The Bertz CT molecular complexity index is 944. The van der Waals surface area contributed by atoms with E-state index in [1.54, 1.807) is 12.1 Å². The number of allylic oxidation sites excluding steroid dienone is 3. The van der Waals surface area contributed by atoms with Gasteiger partial charge >= 0.3 is 23.9 Å². The number of halogens is 9. The molecule has 0 spiro atoms. The lowest BCUT2D eigenvalue weighted by Gasteiger charge is -2.33. The summed E-state index contributed by atoms with van der Waals surface area (Å²) in [5, 5.41) is 9.06. The summed E-state index contributed by atoms with van der Waals surface area (Å²) >= 11 is 0. The molecule has 1 rings (SSSR count). The number of alkyl halides is 9. The lowest BCUT2D eigenvalue weighted by atomic mass is 10.00. The highest BCUT2D eigenvalue weighted by Gasteiger charge is 2.81. The zero-order chi connectivity index (χ0) is 31.5. The molecule has 0 amide bonds. The van der Waals surface area contributed by atoms with E-state index in [1.165, 1.54) is 12.1 Å². The van der Waals surface area contributed by atoms with Crippen molar-refractivity contribution in [3.63, 3.8) is 0 Å². The Kier molecular flexibility index (Phi) is 14.2. The van der Waals surface area contributed by atoms with Gasteiger partial charge in [-0.3, -0.25) is 0 Å². The lowest BCUT2D eigenvalue weighted by molar-refractivity contribution is -0.396. The summed E-state index contributed by atoms with van der Waals surface area (Å²) in [4.78, 5) is 0. The van der Waals surface area contributed by atoms with Crippen molar-refractivity contribution >= 4 is 0 Å². The zero-order valence-corrected chi connectivity index (χ0v) is 23.5. The molecule has 0 aromatic heterocycles. The van der Waals surface area contributed by atoms with Gasteiger partial charge in [-0.25, -0.2) is 0 Å². The van der Waals surface area contributed by atoms with Crippen LogP contribution in [0, 0.1) is 17.8 Å². The van der Waals surface area contributed by atoms with E-state index in [9.17, 15) is 39.5 Å². The number of hydrogen-bond acceptors (Lipinski definition) is 3. The highest BCUT2D eigenvalue weighted by Crippen LogP contribution is 2.54. The topological polar surface area (TPSA) is 38.7 Å². The number of aliphatic hydroxyl groups excluding tert-OH is 1. The van der Waals surface area contributed by atoms with Crippen molar-refractivity contribution < 1.29 is 54.1 Å². The molecule has 12 heteroatoms. The molecule has 0 heterocycles. The summed E-state index contributed by atoms with van der Waals surface area (Å²) in [5.41, 5.74) is 0.761. The van der Waals surface area contributed by atoms with Crippen molar-refractivity contribution in [2.75, 3.05) is 13.2 Å². The SMILES string of the molecule is C[C@H](CO)C/C=C/[C@@H](C)C/C=C/[C@H](C)[C@H](C)OCc1ccc(OCCCC(F)(F)C(F)(F)C(F)(F)C(F)(F)F)cc1. The normalized spacial score (nSPS) is 16.7. The Balaban J connectivity index is 2.46. The number of hydrogen-bond donors (Lipinski definition) is 1. The van der Waals surface area contributed by atoms with Gasteiger partial charge in [-0.1, -0.05) is 57.2 Å². The van der Waals surface area contributed by atoms with Crippen LogP contribution in [0.5, 0.6) is 5.75 Å². The number of benzene rings is 1. The first-order valence-corrected chi connectivity index (χ1v) is 13.3. The first-order chi connectivity index (χ1) is 18.9. The van der Waals surface area contributed by atoms with Gasteiger partial charge in [0.1, 0.15) is 5.75 Å². The molecule has 4 atom stereocenters. The van der Waals surface area contributed by atoms with Crippen LogP contribution in [-0.4, -0.2) is 48.4 Å². The monoisotopic (exact) mass is 606 g/mol. The van der Waals surface area contributed by atoms with Crippen LogP contribution in [0.2, 0.25) is 0 Å². The van der Waals surface area contributed by atoms with Crippen LogP contribution in [0.25, 0.3) is 0 Å². The van der Waals surface area contributed by atoms with E-state index in [0.29, 0.717) is 5.92 Å². The molecule has 0 aliphatic heterocycles. The molecule has 0 saturated heterocycles. The predicted octanol–water partition coefficient (Wildman–Crippen LogP) is 9.01. The third kappa shape index (κ3) is 11.2. The minimum atomic E-state index is -6.88. The second kappa shape index (κ2) is 15.9. The van der Waals surface area contributed by atoms with Gasteiger partial charge in [-0.2, -0.15) is 39.5 Å². The average Bonchev–Trinajstić information content (AvgIpc) is 2.89. The van der Waals surface area contributed by atoms with Crippen molar-refractivity contribution in [2.24, 2.45) is 17.8 Å². The summed E-state index contributed by atoms with van der Waals surface area (Å²) < 4.78 is 127. The Hall–Kier alpha value is -2.21. The van der Waals surface area contributed by atoms with Crippen LogP contribution in [-0.2, 0) is 11.3 Å². The molecular formula is C29H39F9O3. The molecule has 3 nitrogen and oxygen atoms in total. The fourth-order valence-corrected chi connectivity index (χ4v) is 3.47. The minimum absolute atomic E-state index is 0.108. The van der Waals surface area contributed by atoms with E-state index in [1.807, 2.05) is 20.8 Å². The first-order valence-electron chi connectivity index (χ1n) is 13.3. The van der Waals surface area contributed by atoms with Crippen molar-refractivity contribution in [1.29, 1.82) is 0 Å².